The zero-order valence-corrected chi connectivity index (χ0v) is 11.4. The number of hydrogen-bond acceptors (Lipinski definition) is 1. The lowest BCUT2D eigenvalue weighted by Gasteiger charge is -2.12. The average Bonchev–Trinajstić information content (AvgIpc) is 2.36. The third kappa shape index (κ3) is 3.35. The highest BCUT2D eigenvalue weighted by Crippen LogP contribution is 2.29. The summed E-state index contributed by atoms with van der Waals surface area (Å²) < 4.78 is 39.0. The van der Waals surface area contributed by atoms with Gasteiger partial charge in [0.15, 0.2) is 0 Å². The first kappa shape index (κ1) is 14.9. The van der Waals surface area contributed by atoms with Gasteiger partial charge >= 0.3 is 6.18 Å². The first-order valence-electron chi connectivity index (χ1n) is 5.49. The third-order valence-corrected chi connectivity index (χ3v) is 3.16. The summed E-state index contributed by atoms with van der Waals surface area (Å²) in [5.41, 5.74) is -0.988. The van der Waals surface area contributed by atoms with E-state index in [1.54, 1.807) is 24.3 Å². The van der Waals surface area contributed by atoms with Gasteiger partial charge in [-0.05, 0) is 23.8 Å². The number of benzene rings is 1. The first-order chi connectivity index (χ1) is 9.27. The van der Waals surface area contributed by atoms with Crippen molar-refractivity contribution in [2.24, 2.45) is 0 Å². The maximum atomic E-state index is 12.7. The third-order valence-electron chi connectivity index (χ3n) is 2.64. The number of hydrogen-bond donors (Lipinski definition) is 0. The number of pyridine rings is 1. The summed E-state index contributed by atoms with van der Waals surface area (Å²) in [6, 6.07) is 7.07. The van der Waals surface area contributed by atoms with E-state index in [4.69, 9.17) is 23.2 Å². The summed E-state index contributed by atoms with van der Waals surface area (Å²) in [7, 11) is 0. The molecule has 0 spiro atoms. The van der Waals surface area contributed by atoms with Crippen molar-refractivity contribution in [3.05, 3.63) is 68.1 Å². The molecule has 0 saturated carbocycles. The molecule has 0 saturated heterocycles. The lowest BCUT2D eigenvalue weighted by Crippen LogP contribution is -2.23. The van der Waals surface area contributed by atoms with Gasteiger partial charge in [0, 0.05) is 11.2 Å². The van der Waals surface area contributed by atoms with E-state index in [1.807, 2.05) is 0 Å². The number of aromatic nitrogens is 1. The van der Waals surface area contributed by atoms with Crippen molar-refractivity contribution >= 4 is 23.2 Å². The van der Waals surface area contributed by atoms with E-state index in [1.165, 1.54) is 0 Å². The Kier molecular flexibility index (Phi) is 4.11. The Balaban J connectivity index is 2.43. The van der Waals surface area contributed by atoms with Crippen molar-refractivity contribution in [1.29, 1.82) is 0 Å². The molecule has 0 bridgehead atoms. The Morgan fingerprint density at radius 2 is 1.70 bits per heavy atom. The van der Waals surface area contributed by atoms with E-state index < -0.39 is 22.3 Å². The van der Waals surface area contributed by atoms with Crippen LogP contribution < -0.4 is 5.56 Å². The van der Waals surface area contributed by atoms with Crippen molar-refractivity contribution in [3.8, 4) is 0 Å². The minimum Gasteiger partial charge on any atom is -0.309 e. The van der Waals surface area contributed by atoms with E-state index in [0.717, 1.165) is 10.8 Å². The van der Waals surface area contributed by atoms with Crippen LogP contribution in [0.5, 0.6) is 0 Å². The van der Waals surface area contributed by atoms with Gasteiger partial charge in [-0.1, -0.05) is 35.3 Å². The summed E-state index contributed by atoms with van der Waals surface area (Å²) in [6.07, 6.45) is -3.80. The van der Waals surface area contributed by atoms with Crippen molar-refractivity contribution in [1.82, 2.24) is 4.57 Å². The molecule has 0 N–H and O–H groups in total. The number of halogens is 5. The maximum Gasteiger partial charge on any atom is 0.417 e. The van der Waals surface area contributed by atoms with Gasteiger partial charge in [-0.15, -0.1) is 0 Å². The molecule has 0 aliphatic heterocycles. The zero-order valence-electron chi connectivity index (χ0n) is 9.92. The van der Waals surface area contributed by atoms with Crippen molar-refractivity contribution in [2.75, 3.05) is 0 Å². The van der Waals surface area contributed by atoms with Crippen LogP contribution in [0.2, 0.25) is 10.0 Å². The van der Waals surface area contributed by atoms with Gasteiger partial charge < -0.3 is 4.57 Å². The molecule has 0 aliphatic rings. The van der Waals surface area contributed by atoms with Crippen molar-refractivity contribution in [2.45, 2.75) is 12.7 Å². The Labute approximate surface area is 122 Å². The smallest absolute Gasteiger partial charge is 0.309 e. The van der Waals surface area contributed by atoms with Gasteiger partial charge in [0.25, 0.3) is 5.56 Å². The van der Waals surface area contributed by atoms with Gasteiger partial charge in [-0.2, -0.15) is 13.2 Å². The average molecular weight is 322 g/mol. The Morgan fingerprint density at radius 1 is 1.10 bits per heavy atom. The van der Waals surface area contributed by atoms with E-state index in [0.29, 0.717) is 16.7 Å². The molecule has 106 valence electrons. The molecule has 2 rings (SSSR count). The topological polar surface area (TPSA) is 22.0 Å². The van der Waals surface area contributed by atoms with Gasteiger partial charge in [-0.3, -0.25) is 4.79 Å². The maximum absolute atomic E-state index is 12.7. The first-order valence-corrected chi connectivity index (χ1v) is 6.24. The van der Waals surface area contributed by atoms with Gasteiger partial charge in [0.2, 0.25) is 0 Å². The van der Waals surface area contributed by atoms with E-state index in [2.05, 4.69) is 0 Å². The highest BCUT2D eigenvalue weighted by atomic mass is 35.5. The zero-order chi connectivity index (χ0) is 14.9. The monoisotopic (exact) mass is 321 g/mol. The van der Waals surface area contributed by atoms with E-state index in [9.17, 15) is 18.0 Å². The minimum atomic E-state index is -4.56. The fourth-order valence-electron chi connectivity index (χ4n) is 1.66. The fraction of sp³-hybridized carbons (Fsp3) is 0.154. The molecule has 0 fully saturated rings. The van der Waals surface area contributed by atoms with Crippen molar-refractivity contribution < 1.29 is 13.2 Å². The highest BCUT2D eigenvalue weighted by molar-refractivity contribution is 6.30. The summed E-state index contributed by atoms with van der Waals surface area (Å²) in [6.45, 7) is -0.0142. The molecule has 2 aromatic rings. The Bertz CT molecular complexity index is 677. The van der Waals surface area contributed by atoms with Crippen LogP contribution in [0.1, 0.15) is 11.1 Å². The highest BCUT2D eigenvalue weighted by Gasteiger charge is 2.32. The van der Waals surface area contributed by atoms with Crippen LogP contribution >= 0.6 is 23.2 Å². The molecule has 20 heavy (non-hydrogen) atoms. The fourth-order valence-corrected chi connectivity index (χ4v) is 2.01. The van der Waals surface area contributed by atoms with Gasteiger partial charge in [0.05, 0.1) is 12.1 Å². The second-order valence-corrected chi connectivity index (χ2v) is 4.98. The molecule has 0 radical (unpaired) electrons. The Morgan fingerprint density at radius 3 is 2.25 bits per heavy atom. The molecule has 1 heterocycles. The molecule has 0 atom stereocenters. The number of alkyl halides is 3. The van der Waals surface area contributed by atoms with Crippen LogP contribution in [0.4, 0.5) is 13.2 Å². The van der Waals surface area contributed by atoms with Gasteiger partial charge in [-0.25, -0.2) is 0 Å². The van der Waals surface area contributed by atoms with Gasteiger partial charge in [0.1, 0.15) is 5.02 Å². The molecule has 0 amide bonds. The predicted molar refractivity (Wildman–Crippen MR) is 71.3 cm³/mol. The number of nitrogens with zero attached hydrogens (tertiary/aromatic N) is 1. The molecule has 1 aromatic heterocycles. The summed E-state index contributed by atoms with van der Waals surface area (Å²) in [5, 5.41) is 0.0389. The second kappa shape index (κ2) is 5.50. The van der Waals surface area contributed by atoms with Crippen LogP contribution in [-0.4, -0.2) is 4.57 Å². The molecule has 7 heteroatoms. The molecule has 2 nitrogen and oxygen atoms in total. The van der Waals surface area contributed by atoms with Crippen LogP contribution in [0.25, 0.3) is 0 Å². The molecule has 0 aliphatic carbocycles. The molecular weight excluding hydrogens is 314 g/mol. The standard InChI is InChI=1S/C13H8Cl2F3NO/c14-10-3-1-8(2-4-10)6-19-7-9(13(16,17)18)5-11(15)12(19)20/h1-5,7H,6H2. The summed E-state index contributed by atoms with van der Waals surface area (Å²) in [5.74, 6) is 0. The van der Waals surface area contributed by atoms with Crippen LogP contribution in [0, 0.1) is 0 Å². The van der Waals surface area contributed by atoms with Crippen LogP contribution in [0.15, 0.2) is 41.3 Å². The molecular formula is C13H8Cl2F3NO. The lowest BCUT2D eigenvalue weighted by atomic mass is 10.2. The van der Waals surface area contributed by atoms with E-state index >= 15 is 0 Å². The predicted octanol–water partition coefficient (Wildman–Crippen LogP) is 4.22. The molecule has 0 unspecified atom stereocenters. The van der Waals surface area contributed by atoms with E-state index in [-0.39, 0.29) is 6.54 Å². The second-order valence-electron chi connectivity index (χ2n) is 4.13. The molecule has 1 aromatic carbocycles. The summed E-state index contributed by atoms with van der Waals surface area (Å²) >= 11 is 11.3. The van der Waals surface area contributed by atoms with Crippen LogP contribution in [0.3, 0.4) is 0 Å². The number of rotatable bonds is 2. The minimum absolute atomic E-state index is 0.0142. The SMILES string of the molecule is O=c1c(Cl)cc(C(F)(F)F)cn1Cc1ccc(Cl)cc1. The lowest BCUT2D eigenvalue weighted by molar-refractivity contribution is -0.138. The largest absolute Gasteiger partial charge is 0.417 e. The Hall–Kier alpha value is -1.46. The van der Waals surface area contributed by atoms with Crippen LogP contribution in [-0.2, 0) is 12.7 Å². The quantitative estimate of drug-likeness (QED) is 0.811. The van der Waals surface area contributed by atoms with Crippen molar-refractivity contribution in [3.63, 3.8) is 0 Å². The normalized spacial score (nSPS) is 11.7. The summed E-state index contributed by atoms with van der Waals surface area (Å²) in [4.78, 5) is 11.8.